The summed E-state index contributed by atoms with van der Waals surface area (Å²) in [4.78, 5) is 12.2. The minimum Gasteiger partial charge on any atom is -0.475 e. The molecule has 0 aliphatic rings. The molecule has 6 heteroatoms. The first-order valence-corrected chi connectivity index (χ1v) is 6.25. The lowest BCUT2D eigenvalue weighted by Gasteiger charge is -2.09. The molecule has 0 spiro atoms. The number of nitriles is 1. The monoisotopic (exact) mass is 269 g/mol. The number of hydrogen-bond acceptors (Lipinski definition) is 6. The standard InChI is InChI=1S/C14H15N5O/c1-10(2)20-13-4-3-11(8-18-13)9-19-14-12(7-15)16-5-6-17-14/h3-6,8,10H,9H2,1-2H3,(H,17,19). The molecule has 0 unspecified atom stereocenters. The van der Waals surface area contributed by atoms with Gasteiger partial charge >= 0.3 is 0 Å². The van der Waals surface area contributed by atoms with Crippen molar-refractivity contribution in [2.75, 3.05) is 5.32 Å². The molecule has 0 radical (unpaired) electrons. The van der Waals surface area contributed by atoms with Crippen LogP contribution < -0.4 is 10.1 Å². The molecule has 0 saturated carbocycles. The molecule has 1 N–H and O–H groups in total. The Hall–Kier alpha value is -2.68. The van der Waals surface area contributed by atoms with Gasteiger partial charge in [0.1, 0.15) is 6.07 Å². The second kappa shape index (κ2) is 6.48. The smallest absolute Gasteiger partial charge is 0.213 e. The molecule has 0 aromatic carbocycles. The van der Waals surface area contributed by atoms with E-state index in [2.05, 4.69) is 20.3 Å². The van der Waals surface area contributed by atoms with E-state index in [-0.39, 0.29) is 11.8 Å². The molecule has 0 saturated heterocycles. The number of ether oxygens (including phenoxy) is 1. The molecular weight excluding hydrogens is 254 g/mol. The lowest BCUT2D eigenvalue weighted by Crippen LogP contribution is -2.08. The minimum absolute atomic E-state index is 0.101. The Bertz CT molecular complexity index is 604. The highest BCUT2D eigenvalue weighted by Gasteiger charge is 2.04. The van der Waals surface area contributed by atoms with Crippen LogP contribution in [0, 0.1) is 11.3 Å². The van der Waals surface area contributed by atoms with E-state index in [1.54, 1.807) is 12.4 Å². The number of aromatic nitrogens is 3. The molecule has 2 aromatic rings. The highest BCUT2D eigenvalue weighted by atomic mass is 16.5. The zero-order chi connectivity index (χ0) is 14.4. The van der Waals surface area contributed by atoms with Crippen molar-refractivity contribution in [2.45, 2.75) is 26.5 Å². The lowest BCUT2D eigenvalue weighted by atomic mass is 10.3. The zero-order valence-electron chi connectivity index (χ0n) is 11.4. The maximum atomic E-state index is 8.91. The highest BCUT2D eigenvalue weighted by Crippen LogP contribution is 2.12. The minimum atomic E-state index is 0.101. The summed E-state index contributed by atoms with van der Waals surface area (Å²) in [5, 5.41) is 12.0. The van der Waals surface area contributed by atoms with Gasteiger partial charge in [0.05, 0.1) is 6.10 Å². The van der Waals surface area contributed by atoms with Crippen LogP contribution in [0.1, 0.15) is 25.1 Å². The van der Waals surface area contributed by atoms with Crippen molar-refractivity contribution in [1.82, 2.24) is 15.0 Å². The summed E-state index contributed by atoms with van der Waals surface area (Å²) in [6, 6.07) is 5.73. The fourth-order valence-corrected chi connectivity index (χ4v) is 1.56. The van der Waals surface area contributed by atoms with E-state index in [0.29, 0.717) is 18.2 Å². The van der Waals surface area contributed by atoms with Crippen molar-refractivity contribution in [3.05, 3.63) is 42.0 Å². The molecule has 6 nitrogen and oxygen atoms in total. The second-order valence-electron chi connectivity index (χ2n) is 4.39. The molecule has 2 heterocycles. The van der Waals surface area contributed by atoms with Crippen molar-refractivity contribution in [3.8, 4) is 11.9 Å². The van der Waals surface area contributed by atoms with Gasteiger partial charge in [0.2, 0.25) is 5.88 Å². The van der Waals surface area contributed by atoms with Crippen molar-refractivity contribution < 1.29 is 4.74 Å². The summed E-state index contributed by atoms with van der Waals surface area (Å²) >= 11 is 0. The van der Waals surface area contributed by atoms with Crippen LogP contribution >= 0.6 is 0 Å². The third-order valence-corrected chi connectivity index (χ3v) is 2.42. The molecule has 0 aliphatic carbocycles. The third-order valence-electron chi connectivity index (χ3n) is 2.42. The van der Waals surface area contributed by atoms with Crippen molar-refractivity contribution >= 4 is 5.82 Å². The van der Waals surface area contributed by atoms with Crippen LogP contribution in [0.4, 0.5) is 5.82 Å². The van der Waals surface area contributed by atoms with Crippen LogP contribution in [-0.2, 0) is 6.54 Å². The second-order valence-corrected chi connectivity index (χ2v) is 4.39. The summed E-state index contributed by atoms with van der Waals surface area (Å²) in [6.45, 7) is 4.42. The Morgan fingerprint density at radius 2 is 2.05 bits per heavy atom. The van der Waals surface area contributed by atoms with Gasteiger partial charge in [-0.3, -0.25) is 0 Å². The Morgan fingerprint density at radius 1 is 1.25 bits per heavy atom. The zero-order valence-corrected chi connectivity index (χ0v) is 11.4. The van der Waals surface area contributed by atoms with E-state index in [4.69, 9.17) is 10.00 Å². The Kier molecular flexibility index (Phi) is 4.45. The number of anilines is 1. The summed E-state index contributed by atoms with van der Waals surface area (Å²) in [7, 11) is 0. The Morgan fingerprint density at radius 3 is 2.70 bits per heavy atom. The summed E-state index contributed by atoms with van der Waals surface area (Å²) in [5.41, 5.74) is 1.25. The van der Waals surface area contributed by atoms with Gasteiger partial charge in [-0.15, -0.1) is 0 Å². The number of rotatable bonds is 5. The average Bonchev–Trinajstić information content (AvgIpc) is 2.46. The van der Waals surface area contributed by atoms with Gasteiger partial charge in [-0.1, -0.05) is 6.07 Å². The first kappa shape index (κ1) is 13.7. The number of hydrogen-bond donors (Lipinski definition) is 1. The van der Waals surface area contributed by atoms with Gasteiger partial charge in [0.25, 0.3) is 0 Å². The quantitative estimate of drug-likeness (QED) is 0.895. The van der Waals surface area contributed by atoms with Crippen LogP contribution in [0.2, 0.25) is 0 Å². The lowest BCUT2D eigenvalue weighted by molar-refractivity contribution is 0.232. The van der Waals surface area contributed by atoms with E-state index in [0.717, 1.165) is 5.56 Å². The SMILES string of the molecule is CC(C)Oc1ccc(CNc2nccnc2C#N)cn1. The molecule has 0 aliphatic heterocycles. The maximum Gasteiger partial charge on any atom is 0.213 e. The predicted octanol–water partition coefficient (Wildman–Crippen LogP) is 2.14. The number of pyridine rings is 1. The van der Waals surface area contributed by atoms with Gasteiger partial charge in [0, 0.05) is 31.2 Å². The fourth-order valence-electron chi connectivity index (χ4n) is 1.56. The summed E-state index contributed by atoms with van der Waals surface area (Å²) in [5.74, 6) is 1.07. The molecule has 2 rings (SSSR count). The molecule has 0 fully saturated rings. The Labute approximate surface area is 117 Å². The van der Waals surface area contributed by atoms with Crippen LogP contribution in [0.25, 0.3) is 0 Å². The van der Waals surface area contributed by atoms with Gasteiger partial charge in [0.15, 0.2) is 11.5 Å². The van der Waals surface area contributed by atoms with E-state index >= 15 is 0 Å². The largest absolute Gasteiger partial charge is 0.475 e. The molecule has 0 bridgehead atoms. The van der Waals surface area contributed by atoms with Gasteiger partial charge in [-0.25, -0.2) is 15.0 Å². The number of nitrogens with one attached hydrogen (secondary N) is 1. The normalized spacial score (nSPS) is 10.1. The van der Waals surface area contributed by atoms with E-state index in [1.165, 1.54) is 6.20 Å². The van der Waals surface area contributed by atoms with E-state index < -0.39 is 0 Å². The molecule has 102 valence electrons. The predicted molar refractivity (Wildman–Crippen MR) is 74.1 cm³/mol. The van der Waals surface area contributed by atoms with E-state index in [9.17, 15) is 0 Å². The highest BCUT2D eigenvalue weighted by molar-refractivity contribution is 5.46. The van der Waals surface area contributed by atoms with Gasteiger partial charge < -0.3 is 10.1 Å². The van der Waals surface area contributed by atoms with Crippen molar-refractivity contribution in [1.29, 1.82) is 5.26 Å². The summed E-state index contributed by atoms with van der Waals surface area (Å²) in [6.07, 6.45) is 4.86. The van der Waals surface area contributed by atoms with Crippen molar-refractivity contribution in [3.63, 3.8) is 0 Å². The average molecular weight is 269 g/mol. The van der Waals surface area contributed by atoms with Crippen LogP contribution in [0.5, 0.6) is 5.88 Å². The van der Waals surface area contributed by atoms with Crippen molar-refractivity contribution in [2.24, 2.45) is 0 Å². The first-order chi connectivity index (χ1) is 9.69. The van der Waals surface area contributed by atoms with Crippen LogP contribution in [0.15, 0.2) is 30.7 Å². The molecule has 2 aromatic heterocycles. The molecule has 20 heavy (non-hydrogen) atoms. The Balaban J connectivity index is 1.99. The number of nitrogens with zero attached hydrogens (tertiary/aromatic N) is 4. The maximum absolute atomic E-state index is 8.91. The van der Waals surface area contributed by atoms with E-state index in [1.807, 2.05) is 32.0 Å². The topological polar surface area (TPSA) is 83.7 Å². The van der Waals surface area contributed by atoms with Gasteiger partial charge in [-0.05, 0) is 19.4 Å². The van der Waals surface area contributed by atoms with Gasteiger partial charge in [-0.2, -0.15) is 5.26 Å². The van der Waals surface area contributed by atoms with Crippen LogP contribution in [0.3, 0.4) is 0 Å². The fraction of sp³-hybridized carbons (Fsp3) is 0.286. The molecular formula is C14H15N5O. The molecule has 0 atom stereocenters. The summed E-state index contributed by atoms with van der Waals surface area (Å²) < 4.78 is 5.47. The third kappa shape index (κ3) is 3.65. The van der Waals surface area contributed by atoms with Crippen LogP contribution in [-0.4, -0.2) is 21.1 Å². The molecule has 0 amide bonds. The first-order valence-electron chi connectivity index (χ1n) is 6.25.